The average molecular weight is 1780 g/mol. The second kappa shape index (κ2) is 41.4. The Labute approximate surface area is 756 Å². The minimum absolute atomic E-state index is 0.0196. The minimum Gasteiger partial charge on any atom is -0.312 e. The van der Waals surface area contributed by atoms with E-state index in [1.165, 1.54) is 6.42 Å². The summed E-state index contributed by atoms with van der Waals surface area (Å²) in [6.07, 6.45) is 16.5. The van der Waals surface area contributed by atoms with Crippen LogP contribution in [0.5, 0.6) is 0 Å². The van der Waals surface area contributed by atoms with Gasteiger partial charge in [-0.15, -0.1) is 11.6 Å². The number of halogens is 2. The molecule has 24 heteroatoms. The summed E-state index contributed by atoms with van der Waals surface area (Å²) < 4.78 is 11.3. The molecule has 0 saturated carbocycles. The predicted octanol–water partition coefficient (Wildman–Crippen LogP) is 22.0. The number of carbonyl (C=O) groups excluding carboxylic acids is 6. The summed E-state index contributed by atoms with van der Waals surface area (Å²) in [5.74, 6) is 0.123. The first-order valence-corrected chi connectivity index (χ1v) is 43.1. The van der Waals surface area contributed by atoms with Crippen molar-refractivity contribution in [3.63, 3.8) is 0 Å². The van der Waals surface area contributed by atoms with Crippen LogP contribution in [-0.2, 0) is 19.2 Å². The summed E-state index contributed by atoms with van der Waals surface area (Å²) in [5.41, 5.74) is 28.0. The summed E-state index contributed by atoms with van der Waals surface area (Å²) in [6, 6.07) is 63.9. The number of Topliss-reactive ketones (excluding diaryl/α,β-unsaturated/α-hetero) is 4. The van der Waals surface area contributed by atoms with E-state index in [0.29, 0.717) is 69.4 Å². The van der Waals surface area contributed by atoms with Gasteiger partial charge in [-0.1, -0.05) is 20.3 Å². The van der Waals surface area contributed by atoms with Crippen LogP contribution < -0.4 is 0 Å². The predicted molar refractivity (Wildman–Crippen MR) is 506 cm³/mol. The average Bonchev–Trinajstić information content (AvgIpc) is 1.60. The Kier molecular flexibility index (Phi) is 29.9. The van der Waals surface area contributed by atoms with Gasteiger partial charge in [0.05, 0.1) is 137 Å². The number of pyridine rings is 5. The molecule has 0 radical (unpaired) electrons. The van der Waals surface area contributed by atoms with Crippen LogP contribution in [0.1, 0.15) is 199 Å². The number of aryl methyl sites for hydroxylation is 3. The zero-order valence-corrected chi connectivity index (χ0v) is 75.9. The van der Waals surface area contributed by atoms with Crippen molar-refractivity contribution >= 4 is 129 Å². The highest BCUT2D eigenvalue weighted by Gasteiger charge is 2.28. The molecule has 5 aromatic carbocycles. The van der Waals surface area contributed by atoms with Crippen LogP contribution in [0.3, 0.4) is 0 Å². The molecule has 128 heavy (non-hydrogen) atoms. The van der Waals surface area contributed by atoms with Crippen LogP contribution in [-0.4, -0.2) is 113 Å². The smallest absolute Gasteiger partial charge is 0.181 e. The molecule has 22 nitrogen and oxygen atoms in total. The van der Waals surface area contributed by atoms with E-state index >= 15 is 0 Å². The van der Waals surface area contributed by atoms with Gasteiger partial charge in [-0.05, 0) is 345 Å². The number of piperidine rings is 1. The van der Waals surface area contributed by atoms with Gasteiger partial charge in [0.25, 0.3) is 0 Å². The number of ketones is 6. The van der Waals surface area contributed by atoms with Crippen LogP contribution in [0.15, 0.2) is 217 Å². The number of hydrogen-bond acceptors (Lipinski definition) is 17. The quantitative estimate of drug-likeness (QED) is 0.0389. The Bertz CT molecular complexity index is 6940. The Balaban J connectivity index is 0.000000147. The molecular formula is C104H94BrClN16O6. The zero-order valence-electron chi connectivity index (χ0n) is 73.6. The molecule has 16 rings (SSSR count). The van der Waals surface area contributed by atoms with Gasteiger partial charge in [0.15, 0.2) is 23.1 Å². The van der Waals surface area contributed by atoms with Gasteiger partial charge in [0, 0.05) is 105 Å². The second-order valence-corrected chi connectivity index (χ2v) is 33.3. The molecule has 0 bridgehead atoms. The van der Waals surface area contributed by atoms with Gasteiger partial charge in [-0.2, -0.15) is 26.3 Å². The van der Waals surface area contributed by atoms with Crippen molar-refractivity contribution in [3.05, 3.63) is 307 Å². The number of benzene rings is 5. The van der Waals surface area contributed by atoms with Gasteiger partial charge in [-0.25, -0.2) is 0 Å². The van der Waals surface area contributed by atoms with Gasteiger partial charge in [-0.3, -0.25) is 49.0 Å². The Morgan fingerprint density at radius 2 is 0.711 bits per heavy atom. The third-order valence-corrected chi connectivity index (χ3v) is 23.1. The van der Waals surface area contributed by atoms with Crippen molar-refractivity contribution in [3.8, 4) is 58.8 Å². The SMILES string of the molecule is CC(=O)/C=C(\C)c1cnc2cc(C)n(-c3ccc(C#N)cc3)c2c1.CC(=O)/C=C(\C)c1cnc2cc(C)n(-c3ccc(C#N)cc3)c2c1.CC(=O)CC(C)c1cnc2c(C(=O)CCl)c(C)n(-c3ccc(C#N)cc3)c2c1.CC(=O)CC(C)c1cnc2c(C(=O)CN3CCCCC3)c(C)n(-c3ccc(C#N)cc3)c2c1.Cc1cc2ncc(Br)cc2n1-c1ccc(C#N)cc1. The van der Waals surface area contributed by atoms with Crippen LogP contribution >= 0.6 is 27.5 Å². The highest BCUT2D eigenvalue weighted by molar-refractivity contribution is 9.10. The molecule has 2 unspecified atom stereocenters. The third-order valence-electron chi connectivity index (χ3n) is 22.4. The summed E-state index contributed by atoms with van der Waals surface area (Å²) in [4.78, 5) is 96.8. The highest BCUT2D eigenvalue weighted by atomic mass is 79.9. The number of hydrogen-bond donors (Lipinski definition) is 0. The lowest BCUT2D eigenvalue weighted by atomic mass is 9.97. The number of carbonyl (C=O) groups is 6. The van der Waals surface area contributed by atoms with E-state index in [4.69, 9.17) is 37.6 Å². The maximum atomic E-state index is 13.5. The van der Waals surface area contributed by atoms with E-state index in [-0.39, 0.29) is 52.4 Å². The second-order valence-electron chi connectivity index (χ2n) is 32.1. The number of nitriles is 5. The normalized spacial score (nSPS) is 12.5. The molecule has 0 aliphatic carbocycles. The minimum atomic E-state index is -0.186. The largest absolute Gasteiger partial charge is 0.312 e. The first-order chi connectivity index (χ1) is 61.4. The first-order valence-electron chi connectivity index (χ1n) is 41.8. The molecule has 1 fully saturated rings. The van der Waals surface area contributed by atoms with E-state index in [1.807, 2.05) is 176 Å². The van der Waals surface area contributed by atoms with Gasteiger partial charge in [0.2, 0.25) is 0 Å². The van der Waals surface area contributed by atoms with Gasteiger partial charge < -0.3 is 32.4 Å². The van der Waals surface area contributed by atoms with Crippen LogP contribution in [0.25, 0.3) is 94.8 Å². The molecule has 1 saturated heterocycles. The summed E-state index contributed by atoms with van der Waals surface area (Å²) in [7, 11) is 0. The number of nitrogens with zero attached hydrogens (tertiary/aromatic N) is 16. The number of rotatable bonds is 20. The standard InChI is InChI=1S/C27H30N4O2.C22H20ClN3O2.2C20H17N3O.C15H10BrN3/c1-18(13-19(2)32)22-14-24-27(29-16-22)26(25(33)17-30-11-5-4-6-12-30)20(3)31(24)23-9-7-21(15-28)8-10-23;1-13(8-14(2)27)17-9-19-22(25-12-17)21(20(28)10-23)15(3)26(19)18-6-4-16(11-24)5-7-18;2*1-13(8-15(3)24)17-10-20-19(22-12-17)9-14(2)23(20)18-6-4-16(11-21)5-7-18;1-10-6-14-15(7-12(16)9-18-14)19(10)13-4-2-11(8-17)3-5-13/h7-10,14,16,18H,4-6,11-13,17H2,1-3H3;4-7,9,12-13H,8,10H2,1-3H3;2*4-10,12H,1-3H3;2-7,9H,1H3/b;;2*13-8+;. The van der Waals surface area contributed by atoms with Crippen molar-refractivity contribution in [2.24, 2.45) is 0 Å². The summed E-state index contributed by atoms with van der Waals surface area (Å²) >= 11 is 9.28. The fourth-order valence-electron chi connectivity index (χ4n) is 16.3. The van der Waals surface area contributed by atoms with E-state index in [1.54, 1.807) is 119 Å². The molecule has 0 N–H and O–H groups in total. The van der Waals surface area contributed by atoms with E-state index in [0.717, 1.165) is 165 Å². The topological polar surface area (TPSA) is 314 Å². The van der Waals surface area contributed by atoms with Crippen molar-refractivity contribution in [1.82, 2.24) is 52.7 Å². The van der Waals surface area contributed by atoms with Crippen molar-refractivity contribution in [2.45, 2.75) is 134 Å². The highest BCUT2D eigenvalue weighted by Crippen LogP contribution is 2.36. The Hall–Kier alpha value is -14.8. The van der Waals surface area contributed by atoms with Crippen LogP contribution in [0.2, 0.25) is 0 Å². The number of fused-ring (bicyclic) bond motifs is 5. The molecule has 0 spiro atoms. The number of allylic oxidation sites excluding steroid dienone is 4. The summed E-state index contributed by atoms with van der Waals surface area (Å²) in [5, 5.41) is 45.0. The Morgan fingerprint density at radius 1 is 0.398 bits per heavy atom. The Morgan fingerprint density at radius 3 is 1.02 bits per heavy atom. The molecular weight excluding hydrogens is 1680 g/mol. The van der Waals surface area contributed by atoms with E-state index in [2.05, 4.69) is 102 Å². The molecule has 11 heterocycles. The molecule has 640 valence electrons. The molecule has 1 aliphatic rings. The number of aromatic nitrogens is 10. The van der Waals surface area contributed by atoms with Gasteiger partial charge in [0.1, 0.15) is 11.6 Å². The van der Waals surface area contributed by atoms with E-state index in [9.17, 15) is 34.0 Å². The number of alkyl halides is 1. The maximum absolute atomic E-state index is 13.5. The molecule has 15 aromatic rings. The van der Waals surface area contributed by atoms with Crippen molar-refractivity contribution in [2.75, 3.05) is 25.5 Å². The number of likely N-dealkylation sites (tertiary alicyclic amines) is 1. The molecule has 0 amide bonds. The monoisotopic (exact) mass is 1780 g/mol. The molecule has 2 atom stereocenters. The third kappa shape index (κ3) is 21.2. The lowest BCUT2D eigenvalue weighted by Crippen LogP contribution is -2.34. The lowest BCUT2D eigenvalue weighted by Gasteiger charge is -2.25. The summed E-state index contributed by atoms with van der Waals surface area (Å²) in [6.45, 7) is 26.3. The van der Waals surface area contributed by atoms with Crippen LogP contribution in [0.4, 0.5) is 0 Å². The van der Waals surface area contributed by atoms with E-state index < -0.39 is 0 Å². The first kappa shape index (κ1) is 92.4. The fraction of sp³-hybridized carbons (Fsp3) is 0.231. The van der Waals surface area contributed by atoms with Crippen LogP contribution in [0, 0.1) is 91.3 Å². The zero-order chi connectivity index (χ0) is 91.9. The van der Waals surface area contributed by atoms with Crippen molar-refractivity contribution in [1.29, 1.82) is 26.3 Å². The van der Waals surface area contributed by atoms with Gasteiger partial charge >= 0.3 is 0 Å². The lowest BCUT2D eigenvalue weighted by molar-refractivity contribution is -0.118. The van der Waals surface area contributed by atoms with Crippen molar-refractivity contribution < 1.29 is 28.8 Å². The molecule has 10 aromatic heterocycles. The fourth-order valence-corrected chi connectivity index (χ4v) is 16.7. The molecule has 1 aliphatic heterocycles. The maximum Gasteiger partial charge on any atom is 0.181 e.